The van der Waals surface area contributed by atoms with Crippen molar-refractivity contribution in [3.8, 4) is 0 Å². The van der Waals surface area contributed by atoms with E-state index in [2.05, 4.69) is 28.2 Å². The molecular weight excluding hydrogens is 324 g/mol. The zero-order valence-electron chi connectivity index (χ0n) is 11.0. The first-order chi connectivity index (χ1) is 8.97. The van der Waals surface area contributed by atoms with Crippen LogP contribution in [0, 0.1) is 6.92 Å². The van der Waals surface area contributed by atoms with Gasteiger partial charge in [-0.1, -0.05) is 6.07 Å². The molecule has 0 radical (unpaired) electrons. The van der Waals surface area contributed by atoms with E-state index in [1.165, 1.54) is 16.9 Å². The SMILES string of the molecule is Cc1ccc(NC(=O)c2csc(Br)c2)cc1N(C)C. The largest absolute Gasteiger partial charge is 0.377 e. The molecule has 5 heteroatoms. The fourth-order valence-electron chi connectivity index (χ4n) is 1.80. The Labute approximate surface area is 125 Å². The Balaban J connectivity index is 2.20. The lowest BCUT2D eigenvalue weighted by Crippen LogP contribution is -2.13. The van der Waals surface area contributed by atoms with E-state index in [0.29, 0.717) is 5.56 Å². The zero-order valence-corrected chi connectivity index (χ0v) is 13.4. The first-order valence-electron chi connectivity index (χ1n) is 5.81. The molecule has 0 unspecified atom stereocenters. The van der Waals surface area contributed by atoms with E-state index in [0.717, 1.165) is 15.2 Å². The Morgan fingerprint density at radius 3 is 2.63 bits per heavy atom. The van der Waals surface area contributed by atoms with Gasteiger partial charge in [-0.05, 0) is 46.6 Å². The molecule has 2 aromatic rings. The highest BCUT2D eigenvalue weighted by Crippen LogP contribution is 2.24. The minimum Gasteiger partial charge on any atom is -0.377 e. The van der Waals surface area contributed by atoms with Crippen LogP contribution >= 0.6 is 27.3 Å². The summed E-state index contributed by atoms with van der Waals surface area (Å²) in [6.45, 7) is 2.05. The van der Waals surface area contributed by atoms with Crippen molar-refractivity contribution < 1.29 is 4.79 Å². The maximum atomic E-state index is 12.1. The van der Waals surface area contributed by atoms with Crippen molar-refractivity contribution in [1.29, 1.82) is 0 Å². The fourth-order valence-corrected chi connectivity index (χ4v) is 2.94. The fraction of sp³-hybridized carbons (Fsp3) is 0.214. The molecule has 2 rings (SSSR count). The molecule has 1 aromatic heterocycles. The van der Waals surface area contributed by atoms with Gasteiger partial charge in [-0.3, -0.25) is 4.79 Å². The Morgan fingerprint density at radius 2 is 2.05 bits per heavy atom. The van der Waals surface area contributed by atoms with Crippen LogP contribution in [-0.2, 0) is 0 Å². The third kappa shape index (κ3) is 3.36. The minimum atomic E-state index is -0.0875. The third-order valence-electron chi connectivity index (χ3n) is 2.78. The highest BCUT2D eigenvalue weighted by Gasteiger charge is 2.09. The summed E-state index contributed by atoms with van der Waals surface area (Å²) in [4.78, 5) is 14.1. The molecular formula is C14H15BrN2OS. The number of aryl methyl sites for hydroxylation is 1. The van der Waals surface area contributed by atoms with Gasteiger partial charge in [0.15, 0.2) is 0 Å². The predicted octanol–water partition coefficient (Wildman–Crippen LogP) is 4.14. The van der Waals surface area contributed by atoms with Crippen LogP contribution in [0.2, 0.25) is 0 Å². The monoisotopic (exact) mass is 338 g/mol. The average Bonchev–Trinajstić information content (AvgIpc) is 2.78. The van der Waals surface area contributed by atoms with Gasteiger partial charge < -0.3 is 10.2 Å². The van der Waals surface area contributed by atoms with E-state index in [4.69, 9.17) is 0 Å². The van der Waals surface area contributed by atoms with Crippen molar-refractivity contribution in [1.82, 2.24) is 0 Å². The summed E-state index contributed by atoms with van der Waals surface area (Å²) in [6.07, 6.45) is 0. The lowest BCUT2D eigenvalue weighted by Gasteiger charge is -2.17. The number of anilines is 2. The van der Waals surface area contributed by atoms with Gasteiger partial charge in [-0.15, -0.1) is 11.3 Å². The van der Waals surface area contributed by atoms with E-state index in [1.807, 2.05) is 48.6 Å². The van der Waals surface area contributed by atoms with Crippen molar-refractivity contribution in [3.63, 3.8) is 0 Å². The molecule has 100 valence electrons. The van der Waals surface area contributed by atoms with Crippen LogP contribution in [0.5, 0.6) is 0 Å². The highest BCUT2D eigenvalue weighted by molar-refractivity contribution is 9.11. The molecule has 0 aliphatic rings. The topological polar surface area (TPSA) is 32.3 Å². The summed E-state index contributed by atoms with van der Waals surface area (Å²) in [7, 11) is 3.98. The van der Waals surface area contributed by atoms with Crippen LogP contribution in [-0.4, -0.2) is 20.0 Å². The molecule has 0 aliphatic heterocycles. The number of nitrogens with zero attached hydrogens (tertiary/aromatic N) is 1. The Bertz CT molecular complexity index is 607. The van der Waals surface area contributed by atoms with Gasteiger partial charge in [0, 0.05) is 30.9 Å². The highest BCUT2D eigenvalue weighted by atomic mass is 79.9. The van der Waals surface area contributed by atoms with Crippen LogP contribution < -0.4 is 10.2 Å². The van der Waals surface area contributed by atoms with Gasteiger partial charge in [0.25, 0.3) is 5.91 Å². The van der Waals surface area contributed by atoms with Gasteiger partial charge in [-0.2, -0.15) is 0 Å². The molecule has 0 spiro atoms. The number of hydrogen-bond donors (Lipinski definition) is 1. The van der Waals surface area contributed by atoms with Crippen LogP contribution in [0.4, 0.5) is 11.4 Å². The number of benzene rings is 1. The van der Waals surface area contributed by atoms with Gasteiger partial charge in [-0.25, -0.2) is 0 Å². The summed E-state index contributed by atoms with van der Waals surface area (Å²) >= 11 is 4.86. The van der Waals surface area contributed by atoms with E-state index < -0.39 is 0 Å². The number of hydrogen-bond acceptors (Lipinski definition) is 3. The second-order valence-corrected chi connectivity index (χ2v) is 6.78. The third-order valence-corrected chi connectivity index (χ3v) is 4.28. The molecule has 0 aliphatic carbocycles. The van der Waals surface area contributed by atoms with E-state index in [9.17, 15) is 4.79 Å². The maximum Gasteiger partial charge on any atom is 0.256 e. The normalized spacial score (nSPS) is 10.3. The second kappa shape index (κ2) is 5.75. The molecule has 19 heavy (non-hydrogen) atoms. The average molecular weight is 339 g/mol. The van der Waals surface area contributed by atoms with Crippen LogP contribution in [0.1, 0.15) is 15.9 Å². The Kier molecular flexibility index (Phi) is 4.27. The standard InChI is InChI=1S/C14H15BrN2OS/c1-9-4-5-11(7-12(9)17(2)3)16-14(18)10-6-13(15)19-8-10/h4-8H,1-3H3,(H,16,18). The number of thiophene rings is 1. The Morgan fingerprint density at radius 1 is 1.32 bits per heavy atom. The van der Waals surface area contributed by atoms with Crippen molar-refractivity contribution in [2.45, 2.75) is 6.92 Å². The summed E-state index contributed by atoms with van der Waals surface area (Å²) in [5.41, 5.74) is 3.76. The van der Waals surface area contributed by atoms with Gasteiger partial charge >= 0.3 is 0 Å². The van der Waals surface area contributed by atoms with Crippen molar-refractivity contribution in [2.24, 2.45) is 0 Å². The molecule has 0 atom stereocenters. The molecule has 0 bridgehead atoms. The van der Waals surface area contributed by atoms with E-state index >= 15 is 0 Å². The molecule has 0 fully saturated rings. The summed E-state index contributed by atoms with van der Waals surface area (Å²) in [6, 6.07) is 7.73. The molecule has 0 saturated carbocycles. The van der Waals surface area contributed by atoms with Gasteiger partial charge in [0.1, 0.15) is 0 Å². The van der Waals surface area contributed by atoms with Gasteiger partial charge in [0.2, 0.25) is 0 Å². The zero-order chi connectivity index (χ0) is 14.0. The van der Waals surface area contributed by atoms with Crippen LogP contribution in [0.3, 0.4) is 0 Å². The van der Waals surface area contributed by atoms with Crippen molar-refractivity contribution in [2.75, 3.05) is 24.3 Å². The lowest BCUT2D eigenvalue weighted by molar-refractivity contribution is 0.102. The van der Waals surface area contributed by atoms with Crippen LogP contribution in [0.15, 0.2) is 33.4 Å². The van der Waals surface area contributed by atoms with Crippen LogP contribution in [0.25, 0.3) is 0 Å². The lowest BCUT2D eigenvalue weighted by atomic mass is 10.1. The maximum absolute atomic E-state index is 12.1. The molecule has 1 aromatic carbocycles. The number of amides is 1. The van der Waals surface area contributed by atoms with E-state index in [1.54, 1.807) is 0 Å². The number of carbonyl (C=O) groups excluding carboxylic acids is 1. The van der Waals surface area contributed by atoms with Gasteiger partial charge in [0.05, 0.1) is 9.35 Å². The number of halogens is 1. The van der Waals surface area contributed by atoms with Crippen molar-refractivity contribution >= 4 is 44.5 Å². The molecule has 1 N–H and O–H groups in total. The molecule has 0 saturated heterocycles. The molecule has 1 heterocycles. The smallest absolute Gasteiger partial charge is 0.256 e. The summed E-state index contributed by atoms with van der Waals surface area (Å²) in [5, 5.41) is 4.75. The first kappa shape index (κ1) is 14.1. The summed E-state index contributed by atoms with van der Waals surface area (Å²) < 4.78 is 0.954. The summed E-state index contributed by atoms with van der Waals surface area (Å²) in [5.74, 6) is -0.0875. The van der Waals surface area contributed by atoms with E-state index in [-0.39, 0.29) is 5.91 Å². The first-order valence-corrected chi connectivity index (χ1v) is 7.48. The predicted molar refractivity (Wildman–Crippen MR) is 85.5 cm³/mol. The number of rotatable bonds is 3. The minimum absolute atomic E-state index is 0.0875. The van der Waals surface area contributed by atoms with Crippen molar-refractivity contribution in [3.05, 3.63) is 44.6 Å². The quantitative estimate of drug-likeness (QED) is 0.912. The number of nitrogens with one attached hydrogen (secondary N) is 1. The molecule has 3 nitrogen and oxygen atoms in total. The second-order valence-electron chi connectivity index (χ2n) is 4.49. The Hall–Kier alpha value is -1.33. The molecule has 1 amide bonds. The number of carbonyl (C=O) groups is 1.